The van der Waals surface area contributed by atoms with Gasteiger partial charge in [0.2, 0.25) is 0 Å². The summed E-state index contributed by atoms with van der Waals surface area (Å²) in [6.07, 6.45) is 0. The highest BCUT2D eigenvalue weighted by atomic mass is 16.5. The summed E-state index contributed by atoms with van der Waals surface area (Å²) in [6, 6.07) is 4.91. The van der Waals surface area contributed by atoms with Crippen molar-refractivity contribution in [1.29, 1.82) is 0 Å². The van der Waals surface area contributed by atoms with E-state index in [2.05, 4.69) is 16.8 Å². The summed E-state index contributed by atoms with van der Waals surface area (Å²) in [5.74, 6) is 0.211. The number of esters is 1. The first-order chi connectivity index (χ1) is 10.1. The highest BCUT2D eigenvalue weighted by molar-refractivity contribution is 5.91. The van der Waals surface area contributed by atoms with Crippen LogP contribution in [0, 0.1) is 0 Å². The molecule has 2 N–H and O–H groups in total. The number of hydrogen-bond acceptors (Lipinski definition) is 6. The number of piperazine rings is 1. The van der Waals surface area contributed by atoms with Gasteiger partial charge < -0.3 is 20.1 Å². The lowest BCUT2D eigenvalue weighted by molar-refractivity contribution is 0.0432. The maximum absolute atomic E-state index is 11.9. The van der Waals surface area contributed by atoms with E-state index in [4.69, 9.17) is 15.2 Å². The fourth-order valence-corrected chi connectivity index (χ4v) is 2.28. The molecular formula is C15H23N3O3. The van der Waals surface area contributed by atoms with Crippen LogP contribution in [0.25, 0.3) is 0 Å². The molecule has 0 aliphatic carbocycles. The molecule has 21 heavy (non-hydrogen) atoms. The van der Waals surface area contributed by atoms with E-state index in [9.17, 15) is 4.79 Å². The lowest BCUT2D eigenvalue weighted by atomic mass is 10.2. The second kappa shape index (κ2) is 7.28. The number of benzene rings is 1. The molecule has 2 rings (SSSR count). The fraction of sp³-hybridized carbons (Fsp3) is 0.533. The molecule has 0 spiro atoms. The first-order valence-corrected chi connectivity index (χ1v) is 7.11. The number of hydrogen-bond donors (Lipinski definition) is 1. The monoisotopic (exact) mass is 293 g/mol. The van der Waals surface area contributed by atoms with E-state index in [0.29, 0.717) is 23.6 Å². The van der Waals surface area contributed by atoms with Gasteiger partial charge in [0.15, 0.2) is 0 Å². The van der Waals surface area contributed by atoms with Crippen LogP contribution in [0.4, 0.5) is 5.69 Å². The van der Waals surface area contributed by atoms with Crippen molar-refractivity contribution in [2.24, 2.45) is 0 Å². The van der Waals surface area contributed by atoms with Gasteiger partial charge in [-0.2, -0.15) is 0 Å². The summed E-state index contributed by atoms with van der Waals surface area (Å²) in [4.78, 5) is 16.5. The van der Waals surface area contributed by atoms with Crippen molar-refractivity contribution in [3.63, 3.8) is 0 Å². The minimum Gasteiger partial charge on any atom is -0.495 e. The number of carbonyl (C=O) groups excluding carboxylic acids is 1. The van der Waals surface area contributed by atoms with Crippen LogP contribution in [0.2, 0.25) is 0 Å². The zero-order chi connectivity index (χ0) is 15.2. The normalized spacial score (nSPS) is 16.7. The third-order valence-corrected chi connectivity index (χ3v) is 3.70. The molecule has 0 amide bonds. The van der Waals surface area contributed by atoms with Crippen LogP contribution < -0.4 is 10.5 Å². The summed E-state index contributed by atoms with van der Waals surface area (Å²) in [7, 11) is 3.66. The molecule has 1 aromatic rings. The summed E-state index contributed by atoms with van der Waals surface area (Å²) >= 11 is 0. The lowest BCUT2D eigenvalue weighted by Gasteiger charge is -2.32. The van der Waals surface area contributed by atoms with Crippen molar-refractivity contribution >= 4 is 11.7 Å². The Morgan fingerprint density at radius 3 is 2.62 bits per heavy atom. The molecule has 1 aliphatic rings. The highest BCUT2D eigenvalue weighted by Gasteiger charge is 2.15. The van der Waals surface area contributed by atoms with Crippen LogP contribution in [-0.4, -0.2) is 69.3 Å². The van der Waals surface area contributed by atoms with Gasteiger partial charge in [-0.05, 0) is 25.2 Å². The van der Waals surface area contributed by atoms with Gasteiger partial charge in [-0.15, -0.1) is 0 Å². The maximum atomic E-state index is 11.9. The van der Waals surface area contributed by atoms with Gasteiger partial charge in [0, 0.05) is 32.7 Å². The molecule has 0 aromatic heterocycles. The van der Waals surface area contributed by atoms with E-state index < -0.39 is 0 Å². The molecule has 1 saturated heterocycles. The van der Waals surface area contributed by atoms with Crippen molar-refractivity contribution in [1.82, 2.24) is 9.80 Å². The molecule has 6 heteroatoms. The van der Waals surface area contributed by atoms with Gasteiger partial charge >= 0.3 is 5.97 Å². The van der Waals surface area contributed by atoms with E-state index in [-0.39, 0.29) is 5.97 Å². The maximum Gasteiger partial charge on any atom is 0.338 e. The van der Waals surface area contributed by atoms with E-state index >= 15 is 0 Å². The number of nitrogens with zero attached hydrogens (tertiary/aromatic N) is 2. The average Bonchev–Trinajstić information content (AvgIpc) is 2.49. The quantitative estimate of drug-likeness (QED) is 0.636. The molecule has 116 valence electrons. The molecule has 0 unspecified atom stereocenters. The van der Waals surface area contributed by atoms with Crippen LogP contribution in [0.15, 0.2) is 18.2 Å². The van der Waals surface area contributed by atoms with Gasteiger partial charge in [-0.25, -0.2) is 4.79 Å². The predicted octanol–water partition coefficient (Wildman–Crippen LogP) is 0.682. The Kier molecular flexibility index (Phi) is 5.41. The molecule has 1 aliphatic heterocycles. The fourth-order valence-electron chi connectivity index (χ4n) is 2.28. The molecule has 0 atom stereocenters. The van der Waals surface area contributed by atoms with E-state index in [1.54, 1.807) is 25.3 Å². The van der Waals surface area contributed by atoms with Gasteiger partial charge in [-0.3, -0.25) is 4.90 Å². The summed E-state index contributed by atoms with van der Waals surface area (Å²) in [6.45, 7) is 5.32. The minimum atomic E-state index is -0.349. The Bertz CT molecular complexity index is 485. The Morgan fingerprint density at radius 1 is 1.29 bits per heavy atom. The first-order valence-electron chi connectivity index (χ1n) is 7.11. The molecule has 1 heterocycles. The summed E-state index contributed by atoms with van der Waals surface area (Å²) < 4.78 is 10.4. The topological polar surface area (TPSA) is 68.0 Å². The zero-order valence-electron chi connectivity index (χ0n) is 12.7. The lowest BCUT2D eigenvalue weighted by Crippen LogP contribution is -2.45. The molecule has 0 radical (unpaired) electrons. The first kappa shape index (κ1) is 15.6. The number of nitrogens with two attached hydrogens (primary N) is 1. The van der Waals surface area contributed by atoms with E-state index in [1.165, 1.54) is 0 Å². The van der Waals surface area contributed by atoms with Crippen LogP contribution in [0.1, 0.15) is 10.4 Å². The second-order valence-corrected chi connectivity index (χ2v) is 5.24. The molecule has 6 nitrogen and oxygen atoms in total. The van der Waals surface area contributed by atoms with Crippen molar-refractivity contribution in [3.05, 3.63) is 23.8 Å². The van der Waals surface area contributed by atoms with Crippen LogP contribution in [-0.2, 0) is 4.74 Å². The summed E-state index contributed by atoms with van der Waals surface area (Å²) in [5, 5.41) is 0. The average molecular weight is 293 g/mol. The molecule has 0 saturated carbocycles. The third-order valence-electron chi connectivity index (χ3n) is 3.70. The Balaban J connectivity index is 1.78. The summed E-state index contributed by atoms with van der Waals surface area (Å²) in [5.41, 5.74) is 6.67. The van der Waals surface area contributed by atoms with Crippen LogP contribution in [0.3, 0.4) is 0 Å². The van der Waals surface area contributed by atoms with Crippen molar-refractivity contribution < 1.29 is 14.3 Å². The van der Waals surface area contributed by atoms with Gasteiger partial charge in [0.25, 0.3) is 0 Å². The van der Waals surface area contributed by atoms with E-state index in [1.807, 2.05) is 0 Å². The Labute approximate surface area is 125 Å². The number of methoxy groups -OCH3 is 1. The van der Waals surface area contributed by atoms with Crippen LogP contribution in [0.5, 0.6) is 5.75 Å². The largest absolute Gasteiger partial charge is 0.495 e. The van der Waals surface area contributed by atoms with Gasteiger partial charge in [-0.1, -0.05) is 0 Å². The number of rotatable bonds is 5. The molecule has 1 aromatic carbocycles. The molecule has 1 fully saturated rings. The van der Waals surface area contributed by atoms with Crippen LogP contribution >= 0.6 is 0 Å². The van der Waals surface area contributed by atoms with Crippen molar-refractivity contribution in [2.45, 2.75) is 0 Å². The Hall–Kier alpha value is -1.79. The number of carbonyl (C=O) groups is 1. The minimum absolute atomic E-state index is 0.349. The Morgan fingerprint density at radius 2 is 2.00 bits per heavy atom. The number of anilines is 1. The third kappa shape index (κ3) is 4.34. The zero-order valence-corrected chi connectivity index (χ0v) is 12.7. The number of likely N-dealkylation sites (N-methyl/N-ethyl adjacent to an activating group) is 1. The standard InChI is InChI=1S/C15H23N3O3/c1-17-5-7-18(8-6-17)9-10-21-15(19)12-3-4-14(20-2)13(16)11-12/h3-4,11H,5-10,16H2,1-2H3. The predicted molar refractivity (Wildman–Crippen MR) is 81.6 cm³/mol. The van der Waals surface area contributed by atoms with Crippen molar-refractivity contribution in [3.8, 4) is 5.75 Å². The van der Waals surface area contributed by atoms with Crippen molar-refractivity contribution in [2.75, 3.05) is 59.2 Å². The molecule has 0 bridgehead atoms. The van der Waals surface area contributed by atoms with Gasteiger partial charge in [0.05, 0.1) is 18.4 Å². The van der Waals surface area contributed by atoms with E-state index in [0.717, 1.165) is 32.7 Å². The smallest absolute Gasteiger partial charge is 0.338 e. The second-order valence-electron chi connectivity index (χ2n) is 5.24. The van der Waals surface area contributed by atoms with Gasteiger partial charge in [0.1, 0.15) is 12.4 Å². The molecular weight excluding hydrogens is 270 g/mol. The number of ether oxygens (including phenoxy) is 2. The highest BCUT2D eigenvalue weighted by Crippen LogP contribution is 2.22. The number of nitrogen functional groups attached to an aromatic ring is 1. The SMILES string of the molecule is COc1ccc(C(=O)OCCN2CCN(C)CC2)cc1N.